The van der Waals surface area contributed by atoms with Crippen LogP contribution in [-0.2, 0) is 11.3 Å². The molecule has 138 valence electrons. The molecule has 1 aliphatic heterocycles. The average molecular weight is 363 g/mol. The Bertz CT molecular complexity index is 865. The van der Waals surface area contributed by atoms with Crippen LogP contribution in [0.5, 0.6) is 0 Å². The minimum atomic E-state index is -0.0611. The van der Waals surface area contributed by atoms with Crippen LogP contribution in [0.15, 0.2) is 59.3 Å². The van der Waals surface area contributed by atoms with E-state index < -0.39 is 0 Å². The molecule has 27 heavy (non-hydrogen) atoms. The zero-order valence-electron chi connectivity index (χ0n) is 14.9. The monoisotopic (exact) mass is 363 g/mol. The molecule has 4 heterocycles. The first kappa shape index (κ1) is 17.2. The number of pyridine rings is 1. The van der Waals surface area contributed by atoms with Gasteiger partial charge in [0.1, 0.15) is 5.69 Å². The van der Waals surface area contributed by atoms with E-state index in [2.05, 4.69) is 25.4 Å². The van der Waals surface area contributed by atoms with Gasteiger partial charge in [-0.1, -0.05) is 6.07 Å². The van der Waals surface area contributed by atoms with Crippen LogP contribution in [0.2, 0.25) is 0 Å². The van der Waals surface area contributed by atoms with E-state index in [1.807, 2.05) is 42.5 Å². The second-order valence-electron chi connectivity index (χ2n) is 6.58. The first-order valence-electron chi connectivity index (χ1n) is 9.10. The average Bonchev–Trinajstić information content (AvgIpc) is 3.28. The number of piperidine rings is 1. The maximum absolute atomic E-state index is 12.5. The van der Waals surface area contributed by atoms with Crippen molar-refractivity contribution in [2.75, 3.05) is 18.0 Å². The van der Waals surface area contributed by atoms with Crippen molar-refractivity contribution in [3.63, 3.8) is 0 Å². The summed E-state index contributed by atoms with van der Waals surface area (Å²) in [7, 11) is 0. The third-order valence-electron chi connectivity index (χ3n) is 4.71. The number of hydrogen-bond donors (Lipinski definition) is 1. The van der Waals surface area contributed by atoms with Gasteiger partial charge in [0, 0.05) is 19.3 Å². The lowest BCUT2D eigenvalue weighted by Gasteiger charge is -2.32. The molecule has 7 nitrogen and oxygen atoms in total. The highest BCUT2D eigenvalue weighted by molar-refractivity contribution is 5.79. The Morgan fingerprint density at radius 3 is 2.89 bits per heavy atom. The number of aromatic nitrogens is 3. The van der Waals surface area contributed by atoms with Crippen LogP contribution in [0, 0.1) is 5.92 Å². The summed E-state index contributed by atoms with van der Waals surface area (Å²) in [5.74, 6) is 1.48. The number of nitrogens with one attached hydrogen (secondary N) is 1. The van der Waals surface area contributed by atoms with Gasteiger partial charge >= 0.3 is 0 Å². The molecule has 0 spiro atoms. The maximum Gasteiger partial charge on any atom is 0.225 e. The number of amides is 1. The van der Waals surface area contributed by atoms with E-state index in [9.17, 15) is 4.79 Å². The molecule has 1 amide bonds. The normalized spacial score (nSPS) is 16.9. The van der Waals surface area contributed by atoms with Crippen molar-refractivity contribution in [1.82, 2.24) is 20.5 Å². The minimum Gasteiger partial charge on any atom is -0.463 e. The maximum atomic E-state index is 12.5. The number of nitrogens with zero attached hydrogens (tertiary/aromatic N) is 4. The highest BCUT2D eigenvalue weighted by Gasteiger charge is 2.26. The van der Waals surface area contributed by atoms with E-state index in [1.54, 1.807) is 12.5 Å². The van der Waals surface area contributed by atoms with Gasteiger partial charge in [-0.25, -0.2) is 0 Å². The Morgan fingerprint density at radius 2 is 2.15 bits per heavy atom. The van der Waals surface area contributed by atoms with Crippen LogP contribution >= 0.6 is 0 Å². The molecule has 0 radical (unpaired) electrons. The van der Waals surface area contributed by atoms with Gasteiger partial charge in [-0.3, -0.25) is 9.78 Å². The smallest absolute Gasteiger partial charge is 0.225 e. The van der Waals surface area contributed by atoms with E-state index >= 15 is 0 Å². The first-order valence-corrected chi connectivity index (χ1v) is 9.10. The fraction of sp³-hybridized carbons (Fsp3) is 0.300. The Balaban J connectivity index is 1.36. The SMILES string of the molecule is O=C(NCc1ccccn1)C1CCCN(c2ccc(-c3ccco3)nn2)C1. The molecule has 0 aliphatic carbocycles. The predicted octanol–water partition coefficient (Wildman–Crippen LogP) is 2.66. The zero-order valence-corrected chi connectivity index (χ0v) is 14.9. The van der Waals surface area contributed by atoms with E-state index in [-0.39, 0.29) is 11.8 Å². The summed E-state index contributed by atoms with van der Waals surface area (Å²) in [4.78, 5) is 18.9. The van der Waals surface area contributed by atoms with Crippen LogP contribution < -0.4 is 10.2 Å². The van der Waals surface area contributed by atoms with Crippen molar-refractivity contribution in [3.8, 4) is 11.5 Å². The summed E-state index contributed by atoms with van der Waals surface area (Å²) in [5, 5.41) is 11.6. The number of hydrogen-bond acceptors (Lipinski definition) is 6. The van der Waals surface area contributed by atoms with Crippen molar-refractivity contribution in [3.05, 3.63) is 60.6 Å². The molecule has 3 aromatic rings. The molecule has 1 N–H and O–H groups in total. The van der Waals surface area contributed by atoms with E-state index in [4.69, 9.17) is 4.42 Å². The summed E-state index contributed by atoms with van der Waals surface area (Å²) in [6, 6.07) is 13.2. The molecule has 3 aromatic heterocycles. The standard InChI is InChI=1S/C20H21N5O2/c26-20(22-13-16-6-1-2-10-21-16)15-5-3-11-25(14-15)19-9-8-17(23-24-19)18-7-4-12-27-18/h1-2,4,6-10,12,15H,3,5,11,13-14H2,(H,22,26). The van der Waals surface area contributed by atoms with E-state index in [0.717, 1.165) is 30.9 Å². The van der Waals surface area contributed by atoms with Crippen molar-refractivity contribution >= 4 is 11.7 Å². The molecule has 1 atom stereocenters. The van der Waals surface area contributed by atoms with Crippen molar-refractivity contribution in [2.45, 2.75) is 19.4 Å². The molecule has 1 fully saturated rings. The second kappa shape index (κ2) is 7.99. The molecule has 0 aromatic carbocycles. The Kier molecular flexibility index (Phi) is 5.09. The fourth-order valence-electron chi connectivity index (χ4n) is 3.27. The molecular weight excluding hydrogens is 342 g/mol. The van der Waals surface area contributed by atoms with Gasteiger partial charge in [0.25, 0.3) is 0 Å². The summed E-state index contributed by atoms with van der Waals surface area (Å²) in [5.41, 5.74) is 1.56. The zero-order chi connectivity index (χ0) is 18.5. The van der Waals surface area contributed by atoms with E-state index in [1.165, 1.54) is 0 Å². The highest BCUT2D eigenvalue weighted by atomic mass is 16.3. The molecule has 1 aliphatic rings. The van der Waals surface area contributed by atoms with Gasteiger partial charge in [-0.15, -0.1) is 10.2 Å². The van der Waals surface area contributed by atoms with Gasteiger partial charge in [0.05, 0.1) is 24.4 Å². The highest BCUT2D eigenvalue weighted by Crippen LogP contribution is 2.23. The van der Waals surface area contributed by atoms with Crippen LogP contribution in [0.1, 0.15) is 18.5 Å². The lowest BCUT2D eigenvalue weighted by Crippen LogP contribution is -2.43. The molecule has 0 saturated carbocycles. The summed E-state index contributed by atoms with van der Waals surface area (Å²) < 4.78 is 5.34. The van der Waals surface area contributed by atoms with Crippen LogP contribution in [0.25, 0.3) is 11.5 Å². The Labute approximate surface area is 157 Å². The predicted molar refractivity (Wildman–Crippen MR) is 101 cm³/mol. The fourth-order valence-corrected chi connectivity index (χ4v) is 3.27. The topological polar surface area (TPSA) is 84.2 Å². The number of rotatable bonds is 5. The van der Waals surface area contributed by atoms with Crippen molar-refractivity contribution in [2.24, 2.45) is 5.92 Å². The second-order valence-corrected chi connectivity index (χ2v) is 6.58. The quantitative estimate of drug-likeness (QED) is 0.750. The molecule has 7 heteroatoms. The van der Waals surface area contributed by atoms with Gasteiger partial charge in [-0.2, -0.15) is 0 Å². The third kappa shape index (κ3) is 4.13. The molecule has 1 saturated heterocycles. The van der Waals surface area contributed by atoms with Gasteiger partial charge < -0.3 is 14.6 Å². The number of carbonyl (C=O) groups excluding carboxylic acids is 1. The van der Waals surface area contributed by atoms with Gasteiger partial charge in [-0.05, 0) is 49.2 Å². The third-order valence-corrected chi connectivity index (χ3v) is 4.71. The van der Waals surface area contributed by atoms with Crippen LogP contribution in [0.4, 0.5) is 5.82 Å². The lowest BCUT2D eigenvalue weighted by molar-refractivity contribution is -0.125. The van der Waals surface area contributed by atoms with Crippen LogP contribution in [-0.4, -0.2) is 34.2 Å². The molecular formula is C20H21N5O2. The number of carbonyl (C=O) groups is 1. The minimum absolute atomic E-state index is 0.0607. The molecule has 0 bridgehead atoms. The summed E-state index contributed by atoms with van der Waals surface area (Å²) in [6.45, 7) is 1.97. The van der Waals surface area contributed by atoms with Crippen molar-refractivity contribution in [1.29, 1.82) is 0 Å². The van der Waals surface area contributed by atoms with Crippen LogP contribution in [0.3, 0.4) is 0 Å². The number of anilines is 1. The van der Waals surface area contributed by atoms with Gasteiger partial charge in [0.15, 0.2) is 11.6 Å². The molecule has 1 unspecified atom stereocenters. The van der Waals surface area contributed by atoms with E-state index in [0.29, 0.717) is 24.5 Å². The molecule has 4 rings (SSSR count). The van der Waals surface area contributed by atoms with Gasteiger partial charge in [0.2, 0.25) is 5.91 Å². The summed E-state index contributed by atoms with van der Waals surface area (Å²) >= 11 is 0. The largest absolute Gasteiger partial charge is 0.463 e. The first-order chi connectivity index (χ1) is 13.3. The lowest BCUT2D eigenvalue weighted by atomic mass is 9.97. The summed E-state index contributed by atoms with van der Waals surface area (Å²) in [6.07, 6.45) is 5.17. The number of furan rings is 1. The van der Waals surface area contributed by atoms with Crippen molar-refractivity contribution < 1.29 is 9.21 Å². The Hall–Kier alpha value is -3.22. The Morgan fingerprint density at radius 1 is 1.19 bits per heavy atom.